The summed E-state index contributed by atoms with van der Waals surface area (Å²) >= 11 is 0. The number of aldehydes is 1. The number of amides is 1. The fraction of sp³-hybridized carbons (Fsp3) is 0.471. The second-order valence-corrected chi connectivity index (χ2v) is 11.2. The van der Waals surface area contributed by atoms with E-state index in [1.54, 1.807) is 0 Å². The van der Waals surface area contributed by atoms with Gasteiger partial charge >= 0.3 is 0 Å². The van der Waals surface area contributed by atoms with Crippen molar-refractivity contribution in [3.63, 3.8) is 0 Å². The number of hydrogen-bond donors (Lipinski definition) is 1. The van der Waals surface area contributed by atoms with Crippen molar-refractivity contribution in [3.8, 4) is 0 Å². The number of allylic oxidation sites excluding steroid dienone is 4. The molecule has 3 heteroatoms. The van der Waals surface area contributed by atoms with Crippen LogP contribution in [0, 0.1) is 19.8 Å². The molecule has 3 nitrogen and oxygen atoms in total. The van der Waals surface area contributed by atoms with E-state index in [0.29, 0.717) is 11.5 Å². The van der Waals surface area contributed by atoms with E-state index in [2.05, 4.69) is 69.4 Å². The zero-order chi connectivity index (χ0) is 26.4. The Kier molecular flexibility index (Phi) is 8.84. The zero-order valence-corrected chi connectivity index (χ0v) is 23.2. The molecule has 1 unspecified atom stereocenters. The molecule has 2 aromatic rings. The van der Waals surface area contributed by atoms with Crippen molar-refractivity contribution >= 4 is 23.3 Å². The molecule has 2 aromatic carbocycles. The first-order chi connectivity index (χ1) is 17.9. The molecule has 4 rings (SSSR count). The summed E-state index contributed by atoms with van der Waals surface area (Å²) < 4.78 is 0. The van der Waals surface area contributed by atoms with E-state index < -0.39 is 5.54 Å². The molecule has 0 saturated heterocycles. The van der Waals surface area contributed by atoms with Gasteiger partial charge in [0.25, 0.3) is 5.91 Å². The molecule has 1 saturated carbocycles. The minimum absolute atomic E-state index is 0.146. The summed E-state index contributed by atoms with van der Waals surface area (Å²) in [6.07, 6.45) is 15.8. The molecule has 196 valence electrons. The first-order valence-corrected chi connectivity index (χ1v) is 14.2. The minimum Gasteiger partial charge on any atom is -0.340 e. The molecular formula is C34H43NO2. The molecule has 1 atom stereocenters. The average molecular weight is 498 g/mol. The van der Waals surface area contributed by atoms with Gasteiger partial charge in [-0.2, -0.15) is 0 Å². The highest BCUT2D eigenvalue weighted by atomic mass is 16.2. The third kappa shape index (κ3) is 6.14. The first kappa shape index (κ1) is 27.1. The number of hydrogen-bond acceptors (Lipinski definition) is 2. The Hall–Kier alpha value is -2.94. The van der Waals surface area contributed by atoms with E-state index in [4.69, 9.17) is 0 Å². The Morgan fingerprint density at radius 2 is 1.81 bits per heavy atom. The van der Waals surface area contributed by atoms with E-state index in [1.165, 1.54) is 46.2 Å². The maximum absolute atomic E-state index is 13.1. The molecule has 0 bridgehead atoms. The van der Waals surface area contributed by atoms with Gasteiger partial charge in [0, 0.05) is 5.56 Å². The van der Waals surface area contributed by atoms with Gasteiger partial charge in [-0.1, -0.05) is 68.2 Å². The molecule has 0 aliphatic heterocycles. The number of rotatable bonds is 9. The summed E-state index contributed by atoms with van der Waals surface area (Å²) in [6, 6.07) is 13.0. The second kappa shape index (κ2) is 12.1. The number of aryl methyl sites for hydroxylation is 3. The normalized spacial score (nSPS) is 19.4. The van der Waals surface area contributed by atoms with Crippen molar-refractivity contribution in [1.29, 1.82) is 0 Å². The van der Waals surface area contributed by atoms with Crippen LogP contribution in [0.15, 0.2) is 48.6 Å². The van der Waals surface area contributed by atoms with Crippen LogP contribution in [0.2, 0.25) is 0 Å². The Bertz CT molecular complexity index is 1200. The van der Waals surface area contributed by atoms with Crippen LogP contribution < -0.4 is 5.32 Å². The molecule has 0 aromatic heterocycles. The van der Waals surface area contributed by atoms with E-state index in [1.807, 2.05) is 12.1 Å². The van der Waals surface area contributed by atoms with Gasteiger partial charge in [0.15, 0.2) is 0 Å². The van der Waals surface area contributed by atoms with E-state index >= 15 is 0 Å². The molecule has 0 heterocycles. The van der Waals surface area contributed by atoms with Crippen LogP contribution in [0.4, 0.5) is 0 Å². The highest BCUT2D eigenvalue weighted by Gasteiger charge is 2.35. The lowest BCUT2D eigenvalue weighted by Gasteiger charge is -2.27. The Morgan fingerprint density at radius 3 is 2.46 bits per heavy atom. The highest BCUT2D eigenvalue weighted by molar-refractivity contribution is 5.98. The number of nitrogens with one attached hydrogen (secondary N) is 1. The van der Waals surface area contributed by atoms with Gasteiger partial charge < -0.3 is 10.1 Å². The Labute approximate surface area is 223 Å². The summed E-state index contributed by atoms with van der Waals surface area (Å²) in [5.74, 6) is 0.312. The standard InChI is InChI=1S/C34H43NO2/c1-5-6-12-28-21-24(2)15-17-31(28)26(4)32(27-13-8-7-9-14-27)30-18-16-29(22-25(30)3)33(37)35-34(23-36)19-10-11-20-34/h7-8,15-18,21-23,27H,5-6,9-14,19-20H2,1-4H3,(H,35,37)/b32-26+. The number of unbranched alkanes of at least 4 members (excludes halogenated alkanes) is 1. The van der Waals surface area contributed by atoms with Crippen molar-refractivity contribution in [2.75, 3.05) is 0 Å². The summed E-state index contributed by atoms with van der Waals surface area (Å²) in [5, 5.41) is 3.05. The largest absolute Gasteiger partial charge is 0.340 e. The van der Waals surface area contributed by atoms with E-state index in [-0.39, 0.29) is 5.91 Å². The van der Waals surface area contributed by atoms with Crippen molar-refractivity contribution < 1.29 is 9.59 Å². The van der Waals surface area contributed by atoms with Gasteiger partial charge in [0.1, 0.15) is 6.29 Å². The van der Waals surface area contributed by atoms with Gasteiger partial charge in [-0.3, -0.25) is 4.79 Å². The van der Waals surface area contributed by atoms with Crippen LogP contribution in [0.1, 0.15) is 110 Å². The number of carbonyl (C=O) groups excluding carboxylic acids is 2. The lowest BCUT2D eigenvalue weighted by atomic mass is 9.78. The van der Waals surface area contributed by atoms with Gasteiger partial charge in [0.2, 0.25) is 0 Å². The van der Waals surface area contributed by atoms with Crippen molar-refractivity contribution in [1.82, 2.24) is 5.32 Å². The summed E-state index contributed by atoms with van der Waals surface area (Å²) in [5.41, 5.74) is 9.17. The average Bonchev–Trinajstić information content (AvgIpc) is 3.38. The molecule has 37 heavy (non-hydrogen) atoms. The summed E-state index contributed by atoms with van der Waals surface area (Å²) in [6.45, 7) is 8.85. The SMILES string of the molecule is CCCCc1cc(C)ccc1/C(C)=C(/c1ccc(C(=O)NC2(C=O)CCCC2)cc1C)C1CC=CCC1. The van der Waals surface area contributed by atoms with Gasteiger partial charge in [-0.25, -0.2) is 0 Å². The monoisotopic (exact) mass is 497 g/mol. The zero-order valence-electron chi connectivity index (χ0n) is 23.2. The lowest BCUT2D eigenvalue weighted by Crippen LogP contribution is -2.47. The van der Waals surface area contributed by atoms with Crippen LogP contribution in [0.3, 0.4) is 0 Å². The van der Waals surface area contributed by atoms with Gasteiger partial charge in [0.05, 0.1) is 5.54 Å². The predicted octanol–water partition coefficient (Wildman–Crippen LogP) is 8.17. The molecule has 0 spiro atoms. The first-order valence-electron chi connectivity index (χ1n) is 14.2. The molecule has 2 aliphatic rings. The third-order valence-corrected chi connectivity index (χ3v) is 8.41. The molecule has 1 N–H and O–H groups in total. The van der Waals surface area contributed by atoms with Crippen molar-refractivity contribution in [2.24, 2.45) is 5.92 Å². The van der Waals surface area contributed by atoms with E-state index in [0.717, 1.165) is 63.2 Å². The fourth-order valence-electron chi connectivity index (χ4n) is 6.27. The maximum Gasteiger partial charge on any atom is 0.252 e. The van der Waals surface area contributed by atoms with Crippen molar-refractivity contribution in [2.45, 2.75) is 97.4 Å². The lowest BCUT2D eigenvalue weighted by molar-refractivity contribution is -0.112. The summed E-state index contributed by atoms with van der Waals surface area (Å²) in [4.78, 5) is 24.9. The second-order valence-electron chi connectivity index (χ2n) is 11.2. The van der Waals surface area contributed by atoms with Crippen LogP contribution >= 0.6 is 0 Å². The molecule has 0 radical (unpaired) electrons. The quantitative estimate of drug-likeness (QED) is 0.216. The molecule has 1 fully saturated rings. The molecular weight excluding hydrogens is 454 g/mol. The van der Waals surface area contributed by atoms with Gasteiger partial charge in [-0.15, -0.1) is 0 Å². The van der Waals surface area contributed by atoms with Crippen LogP contribution in [-0.2, 0) is 11.2 Å². The topological polar surface area (TPSA) is 46.2 Å². The Morgan fingerprint density at radius 1 is 1.05 bits per heavy atom. The van der Waals surface area contributed by atoms with Gasteiger partial charge in [-0.05, 0) is 117 Å². The minimum atomic E-state index is -0.694. The molecule has 1 amide bonds. The van der Waals surface area contributed by atoms with Crippen LogP contribution in [-0.4, -0.2) is 17.7 Å². The van der Waals surface area contributed by atoms with E-state index in [9.17, 15) is 9.59 Å². The molecule has 2 aliphatic carbocycles. The van der Waals surface area contributed by atoms with Crippen molar-refractivity contribution in [3.05, 3.63) is 81.9 Å². The number of carbonyl (C=O) groups is 2. The van der Waals surface area contributed by atoms with Crippen LogP contribution in [0.25, 0.3) is 11.1 Å². The number of benzene rings is 2. The third-order valence-electron chi connectivity index (χ3n) is 8.41. The predicted molar refractivity (Wildman–Crippen MR) is 155 cm³/mol. The highest BCUT2D eigenvalue weighted by Crippen LogP contribution is 2.41. The smallest absolute Gasteiger partial charge is 0.252 e. The maximum atomic E-state index is 13.1. The Balaban J connectivity index is 1.74. The summed E-state index contributed by atoms with van der Waals surface area (Å²) in [7, 11) is 0. The van der Waals surface area contributed by atoms with Crippen LogP contribution in [0.5, 0.6) is 0 Å². The fourth-order valence-corrected chi connectivity index (χ4v) is 6.27.